The highest BCUT2D eigenvalue weighted by molar-refractivity contribution is 5.83. The molecule has 1 aliphatic rings. The molecule has 7 nitrogen and oxygen atoms in total. The number of rotatable bonds is 12. The van der Waals surface area contributed by atoms with Gasteiger partial charge in [0.2, 0.25) is 5.91 Å². The zero-order valence-electron chi connectivity index (χ0n) is 21.7. The minimum Gasteiger partial charge on any atom is -0.460 e. The molecule has 0 heterocycles. The van der Waals surface area contributed by atoms with Gasteiger partial charge < -0.3 is 20.1 Å². The zero-order valence-corrected chi connectivity index (χ0v) is 21.7. The van der Waals surface area contributed by atoms with E-state index < -0.39 is 12.1 Å². The van der Waals surface area contributed by atoms with Crippen molar-refractivity contribution in [2.24, 2.45) is 5.92 Å². The topological polar surface area (TPSA) is 93.7 Å². The summed E-state index contributed by atoms with van der Waals surface area (Å²) >= 11 is 0. The van der Waals surface area contributed by atoms with E-state index in [1.807, 2.05) is 61.5 Å². The number of hydrogen-bond donors (Lipinski definition) is 2. The predicted molar refractivity (Wildman–Crippen MR) is 145 cm³/mol. The first-order valence-electron chi connectivity index (χ1n) is 13.1. The van der Waals surface area contributed by atoms with Crippen molar-refractivity contribution in [1.29, 1.82) is 0 Å². The Kier molecular flexibility index (Phi) is 9.51. The summed E-state index contributed by atoms with van der Waals surface area (Å²) in [6, 6.07) is 25.8. The molecule has 1 aliphatic carbocycles. The van der Waals surface area contributed by atoms with Gasteiger partial charge in [-0.05, 0) is 40.7 Å². The molecule has 3 aromatic rings. The molecule has 0 radical (unpaired) electrons. The van der Waals surface area contributed by atoms with Crippen molar-refractivity contribution in [3.8, 4) is 11.1 Å². The van der Waals surface area contributed by atoms with Crippen molar-refractivity contribution < 1.29 is 23.9 Å². The highest BCUT2D eigenvalue weighted by Gasteiger charge is 2.28. The largest absolute Gasteiger partial charge is 0.460 e. The van der Waals surface area contributed by atoms with Crippen LogP contribution in [0.2, 0.25) is 0 Å². The Bertz CT molecular complexity index is 1200. The lowest BCUT2D eigenvalue weighted by Gasteiger charge is -2.15. The number of amides is 2. The normalized spacial score (nSPS) is 12.7. The molecule has 2 amide bonds. The fourth-order valence-corrected chi connectivity index (χ4v) is 4.67. The average Bonchev–Trinajstić information content (AvgIpc) is 3.27. The molecule has 1 atom stereocenters. The lowest BCUT2D eigenvalue weighted by Crippen LogP contribution is -2.34. The third-order valence-corrected chi connectivity index (χ3v) is 6.77. The van der Waals surface area contributed by atoms with Crippen molar-refractivity contribution in [2.75, 3.05) is 19.7 Å². The van der Waals surface area contributed by atoms with E-state index in [1.54, 1.807) is 0 Å². The van der Waals surface area contributed by atoms with Crippen LogP contribution in [0, 0.1) is 5.92 Å². The molecule has 0 aromatic heterocycles. The Morgan fingerprint density at radius 1 is 0.789 bits per heavy atom. The maximum absolute atomic E-state index is 12.3. The first kappa shape index (κ1) is 26.9. The molecule has 4 rings (SSSR count). The average molecular weight is 515 g/mol. The Morgan fingerprint density at radius 3 is 2.11 bits per heavy atom. The molecule has 0 bridgehead atoms. The maximum Gasteiger partial charge on any atom is 0.407 e. The van der Waals surface area contributed by atoms with Crippen molar-refractivity contribution in [3.05, 3.63) is 95.6 Å². The van der Waals surface area contributed by atoms with Crippen LogP contribution in [0.25, 0.3) is 11.1 Å². The monoisotopic (exact) mass is 514 g/mol. The van der Waals surface area contributed by atoms with Crippen LogP contribution >= 0.6 is 0 Å². The molecule has 38 heavy (non-hydrogen) atoms. The highest BCUT2D eigenvalue weighted by Crippen LogP contribution is 2.44. The van der Waals surface area contributed by atoms with Crippen LogP contribution in [-0.2, 0) is 25.7 Å². The molecule has 2 N–H and O–H groups in total. The zero-order chi connectivity index (χ0) is 26.7. The van der Waals surface area contributed by atoms with Gasteiger partial charge in [0, 0.05) is 18.4 Å². The maximum atomic E-state index is 12.3. The number of nitrogens with one attached hydrogen (secondary N) is 2. The number of carbonyl (C=O) groups excluding carboxylic acids is 3. The number of unbranched alkanes of at least 4 members (excludes halogenated alkanes) is 1. The second kappa shape index (κ2) is 13.4. The van der Waals surface area contributed by atoms with Crippen LogP contribution in [0.4, 0.5) is 4.79 Å². The molecule has 0 saturated heterocycles. The number of fused-ring (bicyclic) bond motifs is 3. The smallest absolute Gasteiger partial charge is 0.407 e. The van der Waals surface area contributed by atoms with Crippen LogP contribution in [0.1, 0.15) is 48.8 Å². The minimum atomic E-state index is -0.471. The summed E-state index contributed by atoms with van der Waals surface area (Å²) in [4.78, 5) is 36.4. The summed E-state index contributed by atoms with van der Waals surface area (Å²) in [5.74, 6) is -0.873. The van der Waals surface area contributed by atoms with E-state index in [1.165, 1.54) is 22.3 Å². The summed E-state index contributed by atoms with van der Waals surface area (Å²) in [7, 11) is 0. The summed E-state index contributed by atoms with van der Waals surface area (Å²) in [6.45, 7) is 2.60. The van der Waals surface area contributed by atoms with Gasteiger partial charge in [0.25, 0.3) is 0 Å². The number of ether oxygens (including phenoxy) is 2. The Morgan fingerprint density at radius 2 is 1.42 bits per heavy atom. The van der Waals surface area contributed by atoms with Gasteiger partial charge in [0.15, 0.2) is 0 Å². The van der Waals surface area contributed by atoms with Crippen LogP contribution < -0.4 is 10.6 Å². The molecule has 0 aliphatic heterocycles. The van der Waals surface area contributed by atoms with Crippen molar-refractivity contribution in [2.45, 2.75) is 38.7 Å². The molecular weight excluding hydrogens is 480 g/mol. The third kappa shape index (κ3) is 7.22. The molecule has 0 spiro atoms. The predicted octanol–water partition coefficient (Wildman–Crippen LogP) is 5.19. The van der Waals surface area contributed by atoms with E-state index in [4.69, 9.17) is 9.47 Å². The van der Waals surface area contributed by atoms with Gasteiger partial charge >= 0.3 is 12.1 Å². The fraction of sp³-hybridized carbons (Fsp3) is 0.323. The van der Waals surface area contributed by atoms with Gasteiger partial charge in [-0.15, -0.1) is 0 Å². The number of esters is 1. The molecule has 1 unspecified atom stereocenters. The first-order valence-corrected chi connectivity index (χ1v) is 13.1. The Labute approximate surface area is 223 Å². The lowest BCUT2D eigenvalue weighted by molar-refractivity contribution is -0.145. The van der Waals surface area contributed by atoms with E-state index in [9.17, 15) is 14.4 Å². The van der Waals surface area contributed by atoms with E-state index in [0.717, 1.165) is 18.4 Å². The molecule has 0 saturated carbocycles. The minimum absolute atomic E-state index is 0.0307. The van der Waals surface area contributed by atoms with Gasteiger partial charge in [-0.3, -0.25) is 9.59 Å². The van der Waals surface area contributed by atoms with E-state index in [0.29, 0.717) is 13.0 Å². The molecule has 198 valence electrons. The van der Waals surface area contributed by atoms with Crippen molar-refractivity contribution in [3.63, 3.8) is 0 Å². The fourth-order valence-electron chi connectivity index (χ4n) is 4.67. The van der Waals surface area contributed by atoms with Gasteiger partial charge in [-0.1, -0.05) is 92.2 Å². The second-order valence-electron chi connectivity index (χ2n) is 9.51. The number of benzene rings is 3. The van der Waals surface area contributed by atoms with E-state index in [-0.39, 0.29) is 37.5 Å². The summed E-state index contributed by atoms with van der Waals surface area (Å²) < 4.78 is 10.7. The molecule has 3 aromatic carbocycles. The van der Waals surface area contributed by atoms with Crippen molar-refractivity contribution >= 4 is 18.0 Å². The SMILES string of the molecule is CC(CCCCNC(=O)OCC1c2ccccc2-c2ccccc21)C(=O)NCC(=O)OCc1ccccc1. The number of hydrogen-bond acceptors (Lipinski definition) is 5. The van der Waals surface area contributed by atoms with Gasteiger partial charge in [-0.2, -0.15) is 0 Å². The quantitative estimate of drug-likeness (QED) is 0.256. The highest BCUT2D eigenvalue weighted by atomic mass is 16.5. The van der Waals surface area contributed by atoms with Crippen LogP contribution in [0.3, 0.4) is 0 Å². The van der Waals surface area contributed by atoms with Crippen molar-refractivity contribution in [1.82, 2.24) is 10.6 Å². The number of alkyl carbamates (subject to hydrolysis) is 1. The van der Waals surface area contributed by atoms with Crippen LogP contribution in [0.5, 0.6) is 0 Å². The Balaban J connectivity index is 1.08. The van der Waals surface area contributed by atoms with Gasteiger partial charge in [0.05, 0.1) is 0 Å². The van der Waals surface area contributed by atoms with Gasteiger partial charge in [-0.25, -0.2) is 4.79 Å². The van der Waals surface area contributed by atoms with Crippen LogP contribution in [-0.4, -0.2) is 37.7 Å². The molecule has 7 heteroatoms. The standard InChI is InChI=1S/C31H34N2O5/c1-22(30(35)33-19-29(34)37-20-23-12-3-2-4-13-23)11-9-10-18-32-31(36)38-21-28-26-16-7-5-14-24(26)25-15-6-8-17-27(25)28/h2-8,12-17,22,28H,9-11,18-21H2,1H3,(H,32,36)(H,33,35). The summed E-state index contributed by atoms with van der Waals surface area (Å²) in [5.41, 5.74) is 5.64. The third-order valence-electron chi connectivity index (χ3n) is 6.77. The van der Waals surface area contributed by atoms with E-state index in [2.05, 4.69) is 34.9 Å². The number of carbonyl (C=O) groups is 3. The van der Waals surface area contributed by atoms with Crippen LogP contribution in [0.15, 0.2) is 78.9 Å². The summed E-state index contributed by atoms with van der Waals surface area (Å²) in [5, 5.41) is 5.43. The molecular formula is C31H34N2O5. The first-order chi connectivity index (χ1) is 18.5. The second-order valence-corrected chi connectivity index (χ2v) is 9.51. The Hall–Kier alpha value is -4.13. The lowest BCUT2D eigenvalue weighted by atomic mass is 9.98. The molecule has 0 fully saturated rings. The van der Waals surface area contributed by atoms with E-state index >= 15 is 0 Å². The van der Waals surface area contributed by atoms with Gasteiger partial charge in [0.1, 0.15) is 19.8 Å². The summed E-state index contributed by atoms with van der Waals surface area (Å²) in [6.07, 6.45) is 1.70.